The summed E-state index contributed by atoms with van der Waals surface area (Å²) in [5.74, 6) is 1.09. The van der Waals surface area contributed by atoms with Crippen LogP contribution in [0.15, 0.2) is 18.2 Å². The number of nitrogens with one attached hydrogen (secondary N) is 1. The molecule has 1 aromatic carbocycles. The van der Waals surface area contributed by atoms with E-state index in [9.17, 15) is 8.42 Å². The number of sulfone groups is 1. The molecule has 0 spiro atoms. The maximum absolute atomic E-state index is 11.4. The van der Waals surface area contributed by atoms with Crippen molar-refractivity contribution in [1.29, 1.82) is 0 Å². The maximum atomic E-state index is 11.4. The van der Waals surface area contributed by atoms with E-state index in [4.69, 9.17) is 16.3 Å². The van der Waals surface area contributed by atoms with Crippen LogP contribution >= 0.6 is 11.6 Å². The second kappa shape index (κ2) is 8.61. The molecule has 1 unspecified atom stereocenters. The minimum atomic E-state index is -2.93. The number of ether oxygens (including phenoxy) is 1. The van der Waals surface area contributed by atoms with Crippen LogP contribution in [0.5, 0.6) is 5.75 Å². The van der Waals surface area contributed by atoms with Gasteiger partial charge in [-0.2, -0.15) is 0 Å². The van der Waals surface area contributed by atoms with Gasteiger partial charge in [-0.15, -0.1) is 0 Å². The van der Waals surface area contributed by atoms with Crippen molar-refractivity contribution in [2.45, 2.75) is 33.2 Å². The SMILES string of the molecule is CCNC(C)c1cc(Cl)ccc1OCCCS(=O)(=O)CC. The van der Waals surface area contributed by atoms with Crippen molar-refractivity contribution >= 4 is 21.4 Å². The summed E-state index contributed by atoms with van der Waals surface area (Å²) in [5.41, 5.74) is 0.989. The van der Waals surface area contributed by atoms with Crippen molar-refractivity contribution in [3.05, 3.63) is 28.8 Å². The van der Waals surface area contributed by atoms with Crippen LogP contribution in [0.4, 0.5) is 0 Å². The van der Waals surface area contributed by atoms with Crippen molar-refractivity contribution in [3.8, 4) is 5.75 Å². The van der Waals surface area contributed by atoms with Gasteiger partial charge < -0.3 is 10.1 Å². The fourth-order valence-electron chi connectivity index (χ4n) is 2.01. The summed E-state index contributed by atoms with van der Waals surface area (Å²) in [5, 5.41) is 3.98. The molecule has 1 N–H and O–H groups in total. The Hall–Kier alpha value is -0.780. The van der Waals surface area contributed by atoms with Crippen molar-refractivity contribution in [2.24, 2.45) is 0 Å². The molecule has 120 valence electrons. The predicted octanol–water partition coefficient (Wildman–Crippen LogP) is 3.21. The van der Waals surface area contributed by atoms with Crippen molar-refractivity contribution < 1.29 is 13.2 Å². The number of halogens is 1. The summed E-state index contributed by atoms with van der Waals surface area (Å²) in [6, 6.07) is 5.62. The second-order valence-electron chi connectivity index (χ2n) is 4.90. The summed E-state index contributed by atoms with van der Waals surface area (Å²) in [4.78, 5) is 0. The van der Waals surface area contributed by atoms with Gasteiger partial charge in [-0.1, -0.05) is 25.4 Å². The first kappa shape index (κ1) is 18.3. The molecular weight excluding hydrogens is 310 g/mol. The van der Waals surface area contributed by atoms with Gasteiger partial charge in [0.2, 0.25) is 0 Å². The van der Waals surface area contributed by atoms with Gasteiger partial charge in [-0.3, -0.25) is 0 Å². The quantitative estimate of drug-likeness (QED) is 0.705. The first-order chi connectivity index (χ1) is 9.89. The molecule has 1 atom stereocenters. The van der Waals surface area contributed by atoms with Crippen LogP contribution in [0.25, 0.3) is 0 Å². The summed E-state index contributed by atoms with van der Waals surface area (Å²) >= 11 is 6.04. The van der Waals surface area contributed by atoms with E-state index in [-0.39, 0.29) is 17.5 Å². The molecule has 0 aliphatic carbocycles. The Kier molecular flexibility index (Phi) is 7.49. The minimum Gasteiger partial charge on any atom is -0.493 e. The maximum Gasteiger partial charge on any atom is 0.150 e. The van der Waals surface area contributed by atoms with E-state index < -0.39 is 9.84 Å². The van der Waals surface area contributed by atoms with E-state index in [1.54, 1.807) is 13.0 Å². The molecule has 0 saturated carbocycles. The highest BCUT2D eigenvalue weighted by molar-refractivity contribution is 7.91. The normalized spacial score (nSPS) is 13.1. The topological polar surface area (TPSA) is 55.4 Å². The van der Waals surface area contributed by atoms with Crippen LogP contribution < -0.4 is 10.1 Å². The van der Waals surface area contributed by atoms with Gasteiger partial charge in [0.1, 0.15) is 15.6 Å². The lowest BCUT2D eigenvalue weighted by molar-refractivity contribution is 0.311. The molecule has 1 rings (SSSR count). The molecule has 0 aliphatic heterocycles. The molecule has 0 bridgehead atoms. The number of hydrogen-bond acceptors (Lipinski definition) is 4. The zero-order valence-corrected chi connectivity index (χ0v) is 14.4. The molecule has 0 amide bonds. The predicted molar refractivity (Wildman–Crippen MR) is 88.0 cm³/mol. The van der Waals surface area contributed by atoms with Gasteiger partial charge >= 0.3 is 0 Å². The van der Waals surface area contributed by atoms with Crippen LogP contribution in [0, 0.1) is 0 Å². The summed E-state index contributed by atoms with van der Waals surface area (Å²) in [6.45, 7) is 6.97. The lowest BCUT2D eigenvalue weighted by Crippen LogP contribution is -2.19. The summed E-state index contributed by atoms with van der Waals surface area (Å²) in [7, 11) is -2.93. The lowest BCUT2D eigenvalue weighted by atomic mass is 10.1. The first-order valence-electron chi connectivity index (χ1n) is 7.25. The van der Waals surface area contributed by atoms with Gasteiger partial charge in [-0.05, 0) is 38.1 Å². The Balaban J connectivity index is 2.66. The average Bonchev–Trinajstić information content (AvgIpc) is 2.45. The van der Waals surface area contributed by atoms with Crippen LogP contribution in [0.1, 0.15) is 38.8 Å². The van der Waals surface area contributed by atoms with Crippen LogP contribution in [0.2, 0.25) is 5.02 Å². The van der Waals surface area contributed by atoms with Crippen molar-refractivity contribution in [1.82, 2.24) is 5.32 Å². The Morgan fingerprint density at radius 3 is 2.67 bits per heavy atom. The number of rotatable bonds is 9. The molecule has 0 saturated heterocycles. The Morgan fingerprint density at radius 2 is 2.05 bits per heavy atom. The second-order valence-corrected chi connectivity index (χ2v) is 7.81. The largest absolute Gasteiger partial charge is 0.493 e. The molecule has 0 radical (unpaired) electrons. The minimum absolute atomic E-state index is 0.128. The van der Waals surface area contributed by atoms with Crippen LogP contribution in [-0.4, -0.2) is 33.1 Å². The van der Waals surface area contributed by atoms with E-state index in [1.807, 2.05) is 26.0 Å². The molecule has 0 heterocycles. The zero-order valence-electron chi connectivity index (χ0n) is 12.9. The highest BCUT2D eigenvalue weighted by Gasteiger charge is 2.12. The van der Waals surface area contributed by atoms with Gasteiger partial charge in [0.15, 0.2) is 0 Å². The average molecular weight is 334 g/mol. The Morgan fingerprint density at radius 1 is 1.33 bits per heavy atom. The van der Waals surface area contributed by atoms with Crippen molar-refractivity contribution in [3.63, 3.8) is 0 Å². The third-order valence-electron chi connectivity index (χ3n) is 3.25. The highest BCUT2D eigenvalue weighted by Crippen LogP contribution is 2.28. The lowest BCUT2D eigenvalue weighted by Gasteiger charge is -2.18. The molecule has 0 fully saturated rings. The van der Waals surface area contributed by atoms with E-state index in [2.05, 4.69) is 5.32 Å². The Bertz CT molecular complexity index is 546. The standard InChI is InChI=1S/C15H24ClNO3S/c1-4-17-12(3)14-11-13(16)7-8-15(14)20-9-6-10-21(18,19)5-2/h7-8,11-12,17H,4-6,9-10H2,1-3H3. The van der Waals surface area contributed by atoms with E-state index >= 15 is 0 Å². The third kappa shape index (κ3) is 6.24. The molecule has 0 aliphatic rings. The first-order valence-corrected chi connectivity index (χ1v) is 9.45. The smallest absolute Gasteiger partial charge is 0.150 e. The molecule has 4 nitrogen and oxygen atoms in total. The fourth-order valence-corrected chi connectivity index (χ4v) is 3.04. The van der Waals surface area contributed by atoms with Crippen LogP contribution in [-0.2, 0) is 9.84 Å². The van der Waals surface area contributed by atoms with Gasteiger partial charge in [-0.25, -0.2) is 8.42 Å². The molecule has 21 heavy (non-hydrogen) atoms. The van der Waals surface area contributed by atoms with Gasteiger partial charge in [0.25, 0.3) is 0 Å². The molecule has 0 aromatic heterocycles. The van der Waals surface area contributed by atoms with Gasteiger partial charge in [0.05, 0.1) is 12.4 Å². The Labute approximate surface area is 132 Å². The molecule has 1 aromatic rings. The van der Waals surface area contributed by atoms with Crippen LogP contribution in [0.3, 0.4) is 0 Å². The molecular formula is C15H24ClNO3S. The third-order valence-corrected chi connectivity index (χ3v) is 5.27. The van der Waals surface area contributed by atoms with Crippen molar-refractivity contribution in [2.75, 3.05) is 24.7 Å². The number of benzene rings is 1. The van der Waals surface area contributed by atoms with E-state index in [1.165, 1.54) is 0 Å². The van der Waals surface area contributed by atoms with E-state index in [0.717, 1.165) is 17.9 Å². The highest BCUT2D eigenvalue weighted by atomic mass is 35.5. The van der Waals surface area contributed by atoms with E-state index in [0.29, 0.717) is 18.1 Å². The number of hydrogen-bond donors (Lipinski definition) is 1. The monoisotopic (exact) mass is 333 g/mol. The summed E-state index contributed by atoms with van der Waals surface area (Å²) < 4.78 is 28.6. The van der Waals surface area contributed by atoms with Gasteiger partial charge in [0, 0.05) is 22.4 Å². The summed E-state index contributed by atoms with van der Waals surface area (Å²) in [6.07, 6.45) is 0.494. The molecule has 6 heteroatoms. The zero-order chi connectivity index (χ0) is 15.9. The fraction of sp³-hybridized carbons (Fsp3) is 0.600.